The molecule has 0 spiro atoms. The Hall–Kier alpha value is -0.420. The van der Waals surface area contributed by atoms with Gasteiger partial charge in [0.15, 0.2) is 0 Å². The van der Waals surface area contributed by atoms with Gasteiger partial charge in [0.05, 0.1) is 15.4 Å². The van der Waals surface area contributed by atoms with E-state index in [-0.39, 0.29) is 5.37 Å². The Kier molecular flexibility index (Phi) is 3.64. The zero-order valence-corrected chi connectivity index (χ0v) is 10.4. The van der Waals surface area contributed by atoms with Crippen LogP contribution < -0.4 is 5.32 Å². The van der Waals surface area contributed by atoms with Gasteiger partial charge in [-0.25, -0.2) is 0 Å². The Labute approximate surface area is 107 Å². The topological polar surface area (TPSA) is 49.3 Å². The standard InChI is InChI=1S/C10H9Cl2NO2S/c11-6-3-1-2-5(8(6)12)9-13-7(4-16-9)10(14)15/h1-3,7,9,13H,4H2,(H,14,15)/t7-,9+/m1/s1. The van der Waals surface area contributed by atoms with Crippen LogP contribution in [-0.4, -0.2) is 22.9 Å². The quantitative estimate of drug-likeness (QED) is 0.873. The fourth-order valence-corrected chi connectivity index (χ4v) is 3.26. The molecule has 16 heavy (non-hydrogen) atoms. The molecule has 0 aliphatic carbocycles. The average molecular weight is 278 g/mol. The number of hydrogen-bond donors (Lipinski definition) is 2. The Balaban J connectivity index is 2.21. The molecule has 0 saturated carbocycles. The van der Waals surface area contributed by atoms with E-state index in [2.05, 4.69) is 5.32 Å². The summed E-state index contributed by atoms with van der Waals surface area (Å²) in [6.07, 6.45) is 0. The Morgan fingerprint density at radius 1 is 1.50 bits per heavy atom. The van der Waals surface area contributed by atoms with E-state index in [4.69, 9.17) is 28.3 Å². The SMILES string of the molecule is O=C(O)[C@H]1CS[C@@H](c2cccc(Cl)c2Cl)N1. The highest BCUT2D eigenvalue weighted by Crippen LogP contribution is 2.38. The predicted molar refractivity (Wildman–Crippen MR) is 66.2 cm³/mol. The zero-order valence-electron chi connectivity index (χ0n) is 8.11. The molecule has 0 bridgehead atoms. The van der Waals surface area contributed by atoms with Crippen LogP contribution in [0.25, 0.3) is 0 Å². The minimum absolute atomic E-state index is 0.104. The minimum Gasteiger partial charge on any atom is -0.480 e. The molecule has 1 aliphatic heterocycles. The van der Waals surface area contributed by atoms with Gasteiger partial charge in [0, 0.05) is 5.75 Å². The second-order valence-corrected chi connectivity index (χ2v) is 5.34. The smallest absolute Gasteiger partial charge is 0.321 e. The third-order valence-electron chi connectivity index (χ3n) is 2.34. The number of thioether (sulfide) groups is 1. The lowest BCUT2D eigenvalue weighted by molar-refractivity contribution is -0.138. The van der Waals surface area contributed by atoms with E-state index < -0.39 is 12.0 Å². The largest absolute Gasteiger partial charge is 0.480 e. The molecule has 2 rings (SSSR count). The van der Waals surface area contributed by atoms with Gasteiger partial charge >= 0.3 is 5.97 Å². The maximum atomic E-state index is 10.8. The first kappa shape index (κ1) is 12.0. The molecule has 1 heterocycles. The highest BCUT2D eigenvalue weighted by atomic mass is 35.5. The first-order valence-corrected chi connectivity index (χ1v) is 6.44. The number of carboxylic acids is 1. The summed E-state index contributed by atoms with van der Waals surface area (Å²) in [6.45, 7) is 0. The summed E-state index contributed by atoms with van der Waals surface area (Å²) in [5.74, 6) is -0.309. The van der Waals surface area contributed by atoms with Crippen molar-refractivity contribution in [1.29, 1.82) is 0 Å². The fourth-order valence-electron chi connectivity index (χ4n) is 1.52. The van der Waals surface area contributed by atoms with E-state index in [1.807, 2.05) is 6.07 Å². The molecule has 1 aromatic rings. The maximum Gasteiger partial charge on any atom is 0.321 e. The number of carboxylic acid groups (broad SMARTS) is 1. The van der Waals surface area contributed by atoms with Crippen LogP contribution in [0.3, 0.4) is 0 Å². The molecule has 6 heteroatoms. The van der Waals surface area contributed by atoms with Crippen molar-refractivity contribution in [3.63, 3.8) is 0 Å². The zero-order chi connectivity index (χ0) is 11.7. The second kappa shape index (κ2) is 4.84. The predicted octanol–water partition coefficient (Wildman–Crippen LogP) is 2.78. The molecule has 2 atom stereocenters. The minimum atomic E-state index is -0.840. The molecule has 0 radical (unpaired) electrons. The Morgan fingerprint density at radius 2 is 2.25 bits per heavy atom. The summed E-state index contributed by atoms with van der Waals surface area (Å²) in [7, 11) is 0. The van der Waals surface area contributed by atoms with E-state index in [9.17, 15) is 4.79 Å². The number of aliphatic carboxylic acids is 1. The number of hydrogen-bond acceptors (Lipinski definition) is 3. The van der Waals surface area contributed by atoms with Gasteiger partial charge in [0.2, 0.25) is 0 Å². The summed E-state index contributed by atoms with van der Waals surface area (Å²) < 4.78 is 0. The summed E-state index contributed by atoms with van der Waals surface area (Å²) in [5, 5.41) is 12.7. The third kappa shape index (κ3) is 2.30. The van der Waals surface area contributed by atoms with Crippen molar-refractivity contribution in [3.8, 4) is 0 Å². The summed E-state index contributed by atoms with van der Waals surface area (Å²) in [4.78, 5) is 10.8. The number of halogens is 2. The Bertz CT molecular complexity index is 427. The van der Waals surface area contributed by atoms with Gasteiger partial charge in [-0.3, -0.25) is 10.1 Å². The lowest BCUT2D eigenvalue weighted by atomic mass is 10.2. The molecule has 1 aliphatic rings. The molecule has 1 saturated heterocycles. The van der Waals surface area contributed by atoms with Crippen LogP contribution in [0.15, 0.2) is 18.2 Å². The molecule has 0 aromatic heterocycles. The molecule has 86 valence electrons. The van der Waals surface area contributed by atoms with Crippen LogP contribution in [0.5, 0.6) is 0 Å². The van der Waals surface area contributed by atoms with Crippen molar-refractivity contribution in [2.45, 2.75) is 11.4 Å². The highest BCUT2D eigenvalue weighted by molar-refractivity contribution is 7.99. The lowest BCUT2D eigenvalue weighted by Gasteiger charge is -2.13. The van der Waals surface area contributed by atoms with Gasteiger partial charge in [-0.15, -0.1) is 11.8 Å². The van der Waals surface area contributed by atoms with Crippen molar-refractivity contribution in [2.75, 3.05) is 5.75 Å². The van der Waals surface area contributed by atoms with Crippen LogP contribution in [0.2, 0.25) is 10.0 Å². The first-order valence-electron chi connectivity index (χ1n) is 4.64. The van der Waals surface area contributed by atoms with Gasteiger partial charge in [-0.05, 0) is 11.6 Å². The van der Waals surface area contributed by atoms with E-state index >= 15 is 0 Å². The van der Waals surface area contributed by atoms with Crippen LogP contribution in [0.4, 0.5) is 0 Å². The molecule has 1 aromatic carbocycles. The van der Waals surface area contributed by atoms with E-state index in [0.717, 1.165) is 5.56 Å². The average Bonchev–Trinajstić information content (AvgIpc) is 2.71. The van der Waals surface area contributed by atoms with Crippen LogP contribution in [0, 0.1) is 0 Å². The van der Waals surface area contributed by atoms with Crippen molar-refractivity contribution >= 4 is 40.9 Å². The monoisotopic (exact) mass is 277 g/mol. The molecule has 0 amide bonds. The maximum absolute atomic E-state index is 10.8. The molecule has 3 nitrogen and oxygen atoms in total. The van der Waals surface area contributed by atoms with Crippen LogP contribution in [0.1, 0.15) is 10.9 Å². The van der Waals surface area contributed by atoms with Crippen molar-refractivity contribution < 1.29 is 9.90 Å². The normalized spacial score (nSPS) is 24.6. The second-order valence-electron chi connectivity index (χ2n) is 3.41. The van der Waals surface area contributed by atoms with Gasteiger partial charge in [-0.2, -0.15) is 0 Å². The van der Waals surface area contributed by atoms with E-state index in [0.29, 0.717) is 15.8 Å². The van der Waals surface area contributed by atoms with Crippen LogP contribution in [-0.2, 0) is 4.79 Å². The molecule has 1 fully saturated rings. The van der Waals surface area contributed by atoms with Gasteiger partial charge in [0.25, 0.3) is 0 Å². The summed E-state index contributed by atoms with van der Waals surface area (Å²) in [5.41, 5.74) is 0.836. The molecular weight excluding hydrogens is 269 g/mol. The van der Waals surface area contributed by atoms with Gasteiger partial charge < -0.3 is 5.11 Å². The molecule has 0 unspecified atom stereocenters. The fraction of sp³-hybridized carbons (Fsp3) is 0.300. The number of carbonyl (C=O) groups is 1. The van der Waals surface area contributed by atoms with Crippen molar-refractivity contribution in [3.05, 3.63) is 33.8 Å². The van der Waals surface area contributed by atoms with Gasteiger partial charge in [0.1, 0.15) is 6.04 Å². The third-order valence-corrected chi connectivity index (χ3v) is 4.43. The number of rotatable bonds is 2. The Morgan fingerprint density at radius 3 is 2.88 bits per heavy atom. The van der Waals surface area contributed by atoms with E-state index in [1.54, 1.807) is 12.1 Å². The highest BCUT2D eigenvalue weighted by Gasteiger charge is 2.31. The van der Waals surface area contributed by atoms with Crippen molar-refractivity contribution in [2.24, 2.45) is 0 Å². The van der Waals surface area contributed by atoms with Gasteiger partial charge in [-0.1, -0.05) is 35.3 Å². The summed E-state index contributed by atoms with van der Waals surface area (Å²) >= 11 is 13.5. The van der Waals surface area contributed by atoms with E-state index in [1.165, 1.54) is 11.8 Å². The molecular formula is C10H9Cl2NO2S. The number of nitrogens with one attached hydrogen (secondary N) is 1. The first-order chi connectivity index (χ1) is 7.59. The summed E-state index contributed by atoms with van der Waals surface area (Å²) in [6, 6.07) is 4.84. The van der Waals surface area contributed by atoms with Crippen LogP contribution >= 0.6 is 35.0 Å². The number of benzene rings is 1. The lowest BCUT2D eigenvalue weighted by Crippen LogP contribution is -2.33. The van der Waals surface area contributed by atoms with Crippen molar-refractivity contribution in [1.82, 2.24) is 5.32 Å². The molecule has 2 N–H and O–H groups in total.